The lowest BCUT2D eigenvalue weighted by molar-refractivity contribution is 0.489. The molecular weight excluding hydrogens is 268 g/mol. The number of hydrogen-bond acceptors (Lipinski definition) is 4. The number of fused-ring (bicyclic) bond motifs is 1. The van der Waals surface area contributed by atoms with Crippen molar-refractivity contribution >= 4 is 22.9 Å². The van der Waals surface area contributed by atoms with E-state index in [0.717, 1.165) is 28.0 Å². The molecule has 2 aromatic carbocycles. The van der Waals surface area contributed by atoms with E-state index in [4.69, 9.17) is 10.2 Å². The van der Waals surface area contributed by atoms with Gasteiger partial charge in [-0.15, -0.1) is 0 Å². The molecule has 0 saturated carbocycles. The minimum atomic E-state index is 0.110. The molecule has 4 heteroatoms. The zero-order chi connectivity index (χ0) is 13.9. The third-order valence-corrected chi connectivity index (χ3v) is 4.08. The van der Waals surface area contributed by atoms with Crippen LogP contribution in [0.2, 0.25) is 0 Å². The molecule has 1 atom stereocenters. The van der Waals surface area contributed by atoms with Crippen LogP contribution in [0.15, 0.2) is 63.1 Å². The summed E-state index contributed by atoms with van der Waals surface area (Å²) in [6.07, 6.45) is 0.942. The molecule has 1 aromatic heterocycles. The van der Waals surface area contributed by atoms with Crippen molar-refractivity contribution in [3.63, 3.8) is 0 Å². The highest BCUT2D eigenvalue weighted by molar-refractivity contribution is 7.99. The van der Waals surface area contributed by atoms with Crippen molar-refractivity contribution in [1.82, 2.24) is 4.98 Å². The maximum Gasteiger partial charge on any atom is 0.261 e. The molecule has 3 aromatic rings. The first-order valence-corrected chi connectivity index (χ1v) is 7.47. The number of rotatable bonds is 4. The summed E-state index contributed by atoms with van der Waals surface area (Å²) in [6.45, 7) is 2.09. The molecule has 0 aliphatic rings. The van der Waals surface area contributed by atoms with Crippen molar-refractivity contribution < 1.29 is 4.42 Å². The molecule has 0 radical (unpaired) electrons. The molecule has 2 N–H and O–H groups in total. The summed E-state index contributed by atoms with van der Waals surface area (Å²) in [6, 6.07) is 16.1. The third kappa shape index (κ3) is 2.71. The van der Waals surface area contributed by atoms with E-state index in [1.54, 1.807) is 0 Å². The lowest BCUT2D eigenvalue weighted by Crippen LogP contribution is -2.07. The SMILES string of the molecule is CC[C@@H](N)c1ccc(Sc2nc3ccccc3o2)cc1. The number of oxazole rings is 1. The van der Waals surface area contributed by atoms with Crippen LogP contribution in [0.3, 0.4) is 0 Å². The summed E-state index contributed by atoms with van der Waals surface area (Å²) in [5.74, 6) is 0. The summed E-state index contributed by atoms with van der Waals surface area (Å²) in [4.78, 5) is 5.55. The number of hydrogen-bond donors (Lipinski definition) is 1. The van der Waals surface area contributed by atoms with Gasteiger partial charge in [0, 0.05) is 10.9 Å². The number of nitrogens with two attached hydrogens (primary N) is 1. The zero-order valence-corrected chi connectivity index (χ0v) is 12.1. The first-order chi connectivity index (χ1) is 9.76. The Morgan fingerprint density at radius 2 is 1.90 bits per heavy atom. The van der Waals surface area contributed by atoms with Crippen molar-refractivity contribution in [2.75, 3.05) is 0 Å². The van der Waals surface area contributed by atoms with E-state index in [-0.39, 0.29) is 6.04 Å². The first-order valence-electron chi connectivity index (χ1n) is 6.65. The van der Waals surface area contributed by atoms with Crippen molar-refractivity contribution in [2.45, 2.75) is 29.5 Å². The Labute approximate surface area is 122 Å². The van der Waals surface area contributed by atoms with Gasteiger partial charge in [0.15, 0.2) is 5.58 Å². The molecule has 0 fully saturated rings. The maximum atomic E-state index is 6.01. The van der Waals surface area contributed by atoms with Crippen LogP contribution >= 0.6 is 11.8 Å². The fourth-order valence-electron chi connectivity index (χ4n) is 2.01. The number of aromatic nitrogens is 1. The molecular formula is C16H16N2OS. The van der Waals surface area contributed by atoms with Crippen LogP contribution in [0.5, 0.6) is 0 Å². The second kappa shape index (κ2) is 5.69. The van der Waals surface area contributed by atoms with E-state index in [1.165, 1.54) is 11.8 Å². The molecule has 0 aliphatic heterocycles. The molecule has 0 unspecified atom stereocenters. The third-order valence-electron chi connectivity index (χ3n) is 3.23. The van der Waals surface area contributed by atoms with E-state index < -0.39 is 0 Å². The molecule has 102 valence electrons. The predicted octanol–water partition coefficient (Wildman–Crippen LogP) is 4.39. The smallest absolute Gasteiger partial charge is 0.261 e. The van der Waals surface area contributed by atoms with Crippen LogP contribution in [0.25, 0.3) is 11.1 Å². The van der Waals surface area contributed by atoms with Crippen LogP contribution in [0.4, 0.5) is 0 Å². The van der Waals surface area contributed by atoms with Gasteiger partial charge >= 0.3 is 0 Å². The lowest BCUT2D eigenvalue weighted by atomic mass is 10.1. The fraction of sp³-hybridized carbons (Fsp3) is 0.188. The second-order valence-corrected chi connectivity index (χ2v) is 5.66. The average molecular weight is 284 g/mol. The first kappa shape index (κ1) is 13.2. The van der Waals surface area contributed by atoms with Crippen LogP contribution < -0.4 is 5.73 Å². The molecule has 0 aliphatic carbocycles. The molecule has 1 heterocycles. The van der Waals surface area contributed by atoms with E-state index in [1.807, 2.05) is 24.3 Å². The maximum absolute atomic E-state index is 6.01. The van der Waals surface area contributed by atoms with Gasteiger partial charge in [-0.3, -0.25) is 0 Å². The highest BCUT2D eigenvalue weighted by Crippen LogP contribution is 2.30. The van der Waals surface area contributed by atoms with Gasteiger partial charge in [-0.1, -0.05) is 31.2 Å². The van der Waals surface area contributed by atoms with Gasteiger partial charge in [0.2, 0.25) is 0 Å². The summed E-state index contributed by atoms with van der Waals surface area (Å²) in [5, 5.41) is 0.665. The van der Waals surface area contributed by atoms with E-state index in [0.29, 0.717) is 5.22 Å². The minimum Gasteiger partial charge on any atom is -0.431 e. The largest absolute Gasteiger partial charge is 0.431 e. The Morgan fingerprint density at radius 3 is 2.60 bits per heavy atom. The standard InChI is InChI=1S/C16H16N2OS/c1-2-13(17)11-7-9-12(10-8-11)20-16-18-14-5-3-4-6-15(14)19-16/h3-10,13H,2,17H2,1H3/t13-/m1/s1. The second-order valence-electron chi connectivity index (χ2n) is 4.63. The van der Waals surface area contributed by atoms with Crippen LogP contribution in [0, 0.1) is 0 Å². The molecule has 3 rings (SSSR count). The lowest BCUT2D eigenvalue weighted by Gasteiger charge is -2.08. The average Bonchev–Trinajstić information content (AvgIpc) is 2.89. The Kier molecular flexibility index (Phi) is 3.76. The van der Waals surface area contributed by atoms with Gasteiger partial charge < -0.3 is 10.2 Å². The van der Waals surface area contributed by atoms with Crippen molar-refractivity contribution in [1.29, 1.82) is 0 Å². The summed E-state index contributed by atoms with van der Waals surface area (Å²) >= 11 is 1.52. The van der Waals surface area contributed by atoms with Gasteiger partial charge in [-0.2, -0.15) is 0 Å². The van der Waals surface area contributed by atoms with Crippen molar-refractivity contribution in [2.24, 2.45) is 5.73 Å². The van der Waals surface area contributed by atoms with E-state index in [9.17, 15) is 0 Å². The van der Waals surface area contributed by atoms with Crippen LogP contribution in [0.1, 0.15) is 24.9 Å². The van der Waals surface area contributed by atoms with Crippen molar-refractivity contribution in [3.8, 4) is 0 Å². The summed E-state index contributed by atoms with van der Waals surface area (Å²) in [7, 11) is 0. The quantitative estimate of drug-likeness (QED) is 0.772. The highest BCUT2D eigenvalue weighted by Gasteiger charge is 2.08. The van der Waals surface area contributed by atoms with Crippen LogP contribution in [-0.2, 0) is 0 Å². The Hall–Kier alpha value is -1.78. The Bertz CT molecular complexity index is 673. The summed E-state index contributed by atoms with van der Waals surface area (Å²) < 4.78 is 5.70. The Balaban J connectivity index is 1.80. The molecule has 3 nitrogen and oxygen atoms in total. The molecule has 0 bridgehead atoms. The topological polar surface area (TPSA) is 52.0 Å². The van der Waals surface area contributed by atoms with Gasteiger partial charge in [0.1, 0.15) is 5.52 Å². The number of nitrogens with zero attached hydrogens (tertiary/aromatic N) is 1. The molecule has 0 amide bonds. The summed E-state index contributed by atoms with van der Waals surface area (Å²) in [5.41, 5.74) is 8.88. The Morgan fingerprint density at radius 1 is 1.15 bits per heavy atom. The van der Waals surface area contributed by atoms with E-state index in [2.05, 4.69) is 36.2 Å². The predicted molar refractivity (Wildman–Crippen MR) is 81.8 cm³/mol. The van der Waals surface area contributed by atoms with Gasteiger partial charge in [-0.25, -0.2) is 4.98 Å². The highest BCUT2D eigenvalue weighted by atomic mass is 32.2. The van der Waals surface area contributed by atoms with Crippen molar-refractivity contribution in [3.05, 3.63) is 54.1 Å². The fourth-order valence-corrected chi connectivity index (χ4v) is 2.76. The molecule has 0 spiro atoms. The number of benzene rings is 2. The zero-order valence-electron chi connectivity index (χ0n) is 11.2. The number of para-hydroxylation sites is 2. The van der Waals surface area contributed by atoms with Gasteiger partial charge in [-0.05, 0) is 48.0 Å². The van der Waals surface area contributed by atoms with E-state index >= 15 is 0 Å². The minimum absolute atomic E-state index is 0.110. The normalized spacial score (nSPS) is 12.7. The molecule has 20 heavy (non-hydrogen) atoms. The van der Waals surface area contributed by atoms with Gasteiger partial charge in [0.05, 0.1) is 0 Å². The van der Waals surface area contributed by atoms with Crippen LogP contribution in [-0.4, -0.2) is 4.98 Å². The monoisotopic (exact) mass is 284 g/mol. The molecule has 0 saturated heterocycles. The van der Waals surface area contributed by atoms with Gasteiger partial charge in [0.25, 0.3) is 5.22 Å².